The number of pyridine rings is 1. The van der Waals surface area contributed by atoms with Crippen molar-refractivity contribution in [1.29, 1.82) is 0 Å². The Balaban J connectivity index is 1.75. The molecule has 1 aliphatic carbocycles. The largest absolute Gasteiger partial charge is 0.519 e. The number of benzene rings is 1. The topological polar surface area (TPSA) is 149 Å². The fourth-order valence-electron chi connectivity index (χ4n) is 3.65. The van der Waals surface area contributed by atoms with Crippen molar-refractivity contribution in [2.45, 2.75) is 33.0 Å². The van der Waals surface area contributed by atoms with E-state index in [4.69, 9.17) is 13.6 Å². The SMILES string of the molecule is C=Cc1cc(C=O)c(-c2ccc(C(=O)NCC3CC3)nc2C(=O)OCc2oc(=O)oc2C)cc1CO. The third kappa shape index (κ3) is 5.33. The van der Waals surface area contributed by atoms with Crippen LogP contribution in [0.4, 0.5) is 0 Å². The molecule has 1 aliphatic rings. The van der Waals surface area contributed by atoms with E-state index in [2.05, 4.69) is 16.9 Å². The van der Waals surface area contributed by atoms with Crippen LogP contribution in [0.3, 0.4) is 0 Å². The summed E-state index contributed by atoms with van der Waals surface area (Å²) < 4.78 is 14.9. The minimum Gasteiger partial charge on any atom is -0.453 e. The van der Waals surface area contributed by atoms with E-state index < -0.39 is 24.3 Å². The number of hydrogen-bond donors (Lipinski definition) is 2. The van der Waals surface area contributed by atoms with E-state index in [9.17, 15) is 24.3 Å². The van der Waals surface area contributed by atoms with Gasteiger partial charge in [-0.1, -0.05) is 12.7 Å². The lowest BCUT2D eigenvalue weighted by molar-refractivity contribution is 0.0436. The summed E-state index contributed by atoms with van der Waals surface area (Å²) in [4.78, 5) is 53.2. The van der Waals surface area contributed by atoms with E-state index >= 15 is 0 Å². The molecule has 3 aromatic rings. The van der Waals surface area contributed by atoms with Gasteiger partial charge in [0, 0.05) is 17.7 Å². The molecule has 186 valence electrons. The maximum atomic E-state index is 13.1. The highest BCUT2D eigenvalue weighted by molar-refractivity contribution is 6.01. The van der Waals surface area contributed by atoms with Crippen molar-refractivity contribution in [2.75, 3.05) is 6.54 Å². The van der Waals surface area contributed by atoms with Gasteiger partial charge in [-0.05, 0) is 66.6 Å². The maximum Gasteiger partial charge on any atom is 0.519 e. The Morgan fingerprint density at radius 3 is 2.61 bits per heavy atom. The number of aryl methyl sites for hydroxylation is 1. The number of esters is 1. The van der Waals surface area contributed by atoms with Gasteiger partial charge < -0.3 is 24.0 Å². The summed E-state index contributed by atoms with van der Waals surface area (Å²) >= 11 is 0. The number of aliphatic hydroxyl groups is 1. The predicted molar refractivity (Wildman–Crippen MR) is 127 cm³/mol. The number of rotatable bonds is 10. The molecule has 0 unspecified atom stereocenters. The van der Waals surface area contributed by atoms with Gasteiger partial charge in [-0.25, -0.2) is 14.6 Å². The van der Waals surface area contributed by atoms with Gasteiger partial charge >= 0.3 is 11.8 Å². The molecule has 0 spiro atoms. The molecule has 1 fully saturated rings. The molecule has 0 saturated heterocycles. The lowest BCUT2D eigenvalue weighted by Crippen LogP contribution is -2.27. The van der Waals surface area contributed by atoms with E-state index in [1.807, 2.05) is 0 Å². The summed E-state index contributed by atoms with van der Waals surface area (Å²) in [5.41, 5.74) is 1.56. The van der Waals surface area contributed by atoms with E-state index in [0.717, 1.165) is 12.8 Å². The second kappa shape index (κ2) is 10.5. The van der Waals surface area contributed by atoms with Crippen LogP contribution in [-0.2, 0) is 18.0 Å². The zero-order valence-corrected chi connectivity index (χ0v) is 19.5. The number of ether oxygens (including phenoxy) is 1. The first-order valence-electron chi connectivity index (χ1n) is 11.3. The zero-order chi connectivity index (χ0) is 25.8. The molecule has 4 rings (SSSR count). The average molecular weight is 492 g/mol. The molecular weight excluding hydrogens is 468 g/mol. The highest BCUT2D eigenvalue weighted by atomic mass is 16.6. The van der Waals surface area contributed by atoms with Crippen molar-refractivity contribution < 1.29 is 33.1 Å². The van der Waals surface area contributed by atoms with Crippen LogP contribution >= 0.6 is 0 Å². The number of aliphatic hydroxyl groups excluding tert-OH is 1. The average Bonchev–Trinajstić information content (AvgIpc) is 3.66. The molecule has 10 heteroatoms. The third-order valence-corrected chi connectivity index (χ3v) is 5.86. The van der Waals surface area contributed by atoms with E-state index in [0.29, 0.717) is 35.4 Å². The van der Waals surface area contributed by atoms with Crippen LogP contribution < -0.4 is 11.1 Å². The van der Waals surface area contributed by atoms with Crippen LogP contribution in [0.2, 0.25) is 0 Å². The molecule has 36 heavy (non-hydrogen) atoms. The Hall–Kier alpha value is -4.31. The minimum absolute atomic E-state index is 0.00452. The first-order chi connectivity index (χ1) is 17.3. The van der Waals surface area contributed by atoms with E-state index in [1.54, 1.807) is 6.07 Å². The Morgan fingerprint density at radius 2 is 2.00 bits per heavy atom. The normalized spacial score (nSPS) is 12.7. The molecule has 10 nitrogen and oxygen atoms in total. The van der Waals surface area contributed by atoms with Gasteiger partial charge in [0.1, 0.15) is 5.69 Å². The van der Waals surface area contributed by atoms with Crippen LogP contribution in [0.25, 0.3) is 17.2 Å². The number of nitrogens with zero attached hydrogens (tertiary/aromatic N) is 1. The van der Waals surface area contributed by atoms with Gasteiger partial charge in [-0.3, -0.25) is 9.59 Å². The van der Waals surface area contributed by atoms with E-state index in [-0.39, 0.29) is 40.6 Å². The molecule has 2 heterocycles. The molecule has 1 aromatic carbocycles. The van der Waals surface area contributed by atoms with Crippen LogP contribution in [0.1, 0.15) is 66.8 Å². The van der Waals surface area contributed by atoms with Crippen molar-refractivity contribution >= 4 is 24.2 Å². The highest BCUT2D eigenvalue weighted by Gasteiger charge is 2.25. The van der Waals surface area contributed by atoms with Crippen molar-refractivity contribution in [3.05, 3.63) is 81.1 Å². The summed E-state index contributed by atoms with van der Waals surface area (Å²) in [5, 5.41) is 12.6. The van der Waals surface area contributed by atoms with Gasteiger partial charge in [-0.15, -0.1) is 0 Å². The summed E-state index contributed by atoms with van der Waals surface area (Å²) in [5.74, 6) is -1.67. The van der Waals surface area contributed by atoms with Gasteiger partial charge in [0.25, 0.3) is 5.91 Å². The number of nitrogens with one attached hydrogen (secondary N) is 1. The first kappa shape index (κ1) is 24.8. The summed E-state index contributed by atoms with van der Waals surface area (Å²) in [7, 11) is 0. The third-order valence-electron chi connectivity index (χ3n) is 5.86. The monoisotopic (exact) mass is 492 g/mol. The van der Waals surface area contributed by atoms with Crippen LogP contribution in [0.5, 0.6) is 0 Å². The van der Waals surface area contributed by atoms with E-state index in [1.165, 1.54) is 31.2 Å². The molecule has 1 amide bonds. The van der Waals surface area contributed by atoms with Gasteiger partial charge in [0.05, 0.1) is 6.61 Å². The van der Waals surface area contributed by atoms with Crippen molar-refractivity contribution in [3.63, 3.8) is 0 Å². The lowest BCUT2D eigenvalue weighted by Gasteiger charge is -2.15. The number of carbonyl (C=O) groups excluding carboxylic acids is 3. The molecule has 0 bridgehead atoms. The van der Waals surface area contributed by atoms with Crippen LogP contribution in [0.15, 0.2) is 44.5 Å². The predicted octanol–water partition coefficient (Wildman–Crippen LogP) is 3.05. The van der Waals surface area contributed by atoms with Crippen molar-refractivity contribution in [1.82, 2.24) is 10.3 Å². The number of aromatic nitrogens is 1. The number of carbonyl (C=O) groups is 3. The minimum atomic E-state index is -0.929. The molecule has 2 aromatic heterocycles. The molecular formula is C26H24N2O8. The molecule has 0 aliphatic heterocycles. The number of hydrogen-bond acceptors (Lipinski definition) is 9. The quantitative estimate of drug-likeness (QED) is 0.322. The molecule has 1 saturated carbocycles. The number of aldehydes is 1. The second-order valence-corrected chi connectivity index (χ2v) is 8.37. The van der Waals surface area contributed by atoms with Crippen molar-refractivity contribution in [3.8, 4) is 11.1 Å². The fourth-order valence-corrected chi connectivity index (χ4v) is 3.65. The van der Waals surface area contributed by atoms with Crippen molar-refractivity contribution in [2.24, 2.45) is 5.92 Å². The maximum absolute atomic E-state index is 13.1. The molecule has 2 N–H and O–H groups in total. The Labute approximate surface area is 205 Å². The number of amides is 1. The van der Waals surface area contributed by atoms with Crippen LogP contribution in [-0.4, -0.2) is 34.8 Å². The van der Waals surface area contributed by atoms with Gasteiger partial charge in [-0.2, -0.15) is 0 Å². The molecule has 0 atom stereocenters. The van der Waals surface area contributed by atoms with Gasteiger partial charge in [0.2, 0.25) is 0 Å². The zero-order valence-electron chi connectivity index (χ0n) is 19.5. The van der Waals surface area contributed by atoms with Crippen LogP contribution in [0, 0.1) is 12.8 Å². The first-order valence-corrected chi connectivity index (χ1v) is 11.3. The Kier molecular flexibility index (Phi) is 7.25. The highest BCUT2D eigenvalue weighted by Crippen LogP contribution is 2.31. The summed E-state index contributed by atoms with van der Waals surface area (Å²) in [6, 6.07) is 6.04. The lowest BCUT2D eigenvalue weighted by atomic mass is 9.93. The molecule has 0 radical (unpaired) electrons. The Morgan fingerprint density at radius 1 is 1.22 bits per heavy atom. The standard InChI is InChI=1S/C26H24N2O8/c1-3-16-8-18(12-30)20(9-17(16)11-29)19-6-7-21(24(31)27-10-15-4-5-15)28-23(19)25(32)34-13-22-14(2)35-26(33)36-22/h3,6-9,12,15,29H,1,4-5,10-11,13H2,2H3,(H,27,31). The Bertz CT molecular complexity index is 1400. The van der Waals surface area contributed by atoms with Gasteiger partial charge in [0.15, 0.2) is 30.1 Å². The summed E-state index contributed by atoms with van der Waals surface area (Å²) in [6.45, 7) is 4.95. The fraction of sp³-hybridized carbons (Fsp3) is 0.269. The second-order valence-electron chi connectivity index (χ2n) is 8.37. The summed E-state index contributed by atoms with van der Waals surface area (Å²) in [6.07, 6.45) is 4.22. The smallest absolute Gasteiger partial charge is 0.453 e.